The molecule has 3 N–H and O–H groups in total. The van der Waals surface area contributed by atoms with E-state index in [2.05, 4.69) is 24.4 Å². The molecule has 0 spiro atoms. The fourth-order valence-electron chi connectivity index (χ4n) is 5.92. The van der Waals surface area contributed by atoms with Gasteiger partial charge in [0.05, 0.1) is 12.7 Å². The molecule has 0 aliphatic rings. The zero-order valence-electron chi connectivity index (χ0n) is 34.2. The minimum atomic E-state index is -4.78. The number of phosphoric acid groups is 1. The molecule has 0 aromatic carbocycles. The first-order valence-corrected chi connectivity index (χ1v) is 23.1. The number of hydrogen-bond acceptors (Lipinski definition) is 7. The second kappa shape index (κ2) is 39.2. The van der Waals surface area contributed by atoms with Gasteiger partial charge in [0.1, 0.15) is 6.61 Å². The van der Waals surface area contributed by atoms with Crippen LogP contribution in [0.1, 0.15) is 194 Å². The smallest absolute Gasteiger partial charge is 0.462 e. The third-order valence-electron chi connectivity index (χ3n) is 9.18. The maximum absolute atomic E-state index is 12.4. The predicted molar refractivity (Wildman–Crippen MR) is 222 cm³/mol. The second-order valence-electron chi connectivity index (χ2n) is 14.5. The number of aliphatic hydroxyl groups excluding tert-OH is 1. The van der Waals surface area contributed by atoms with E-state index in [4.69, 9.17) is 19.3 Å². The summed E-state index contributed by atoms with van der Waals surface area (Å²) in [7, 11) is -4.78. The van der Waals surface area contributed by atoms with Crippen LogP contribution in [0.4, 0.5) is 0 Å². The lowest BCUT2D eigenvalue weighted by Gasteiger charge is -2.18. The Hall–Kier alpha value is -2.03. The minimum absolute atomic E-state index is 0.160. The van der Waals surface area contributed by atoms with Crippen molar-refractivity contribution in [3.63, 3.8) is 0 Å². The fraction of sp³-hybridized carbons (Fsp3) is 0.773. The Balaban J connectivity index is 4.04. The number of esters is 2. The number of phosphoric ester groups is 1. The van der Waals surface area contributed by atoms with E-state index in [0.29, 0.717) is 25.7 Å². The molecule has 0 unspecified atom stereocenters. The highest BCUT2D eigenvalue weighted by atomic mass is 31.2. The summed E-state index contributed by atoms with van der Waals surface area (Å²) in [4.78, 5) is 42.8. The van der Waals surface area contributed by atoms with Crippen LogP contribution in [0.3, 0.4) is 0 Å². The van der Waals surface area contributed by atoms with E-state index in [0.717, 1.165) is 32.1 Å². The molecule has 10 heteroatoms. The van der Waals surface area contributed by atoms with Crippen LogP contribution in [0.15, 0.2) is 48.6 Å². The van der Waals surface area contributed by atoms with Crippen molar-refractivity contribution in [2.24, 2.45) is 0 Å². The lowest BCUT2D eigenvalue weighted by molar-refractivity contribution is -0.161. The predicted octanol–water partition coefficient (Wildman–Crippen LogP) is 12.1. The van der Waals surface area contributed by atoms with Crippen LogP contribution in [0.5, 0.6) is 0 Å². The van der Waals surface area contributed by atoms with Gasteiger partial charge in [-0.15, -0.1) is 0 Å². The topological polar surface area (TPSA) is 140 Å². The van der Waals surface area contributed by atoms with Crippen molar-refractivity contribution in [1.82, 2.24) is 0 Å². The van der Waals surface area contributed by atoms with Crippen LogP contribution < -0.4 is 0 Å². The molecule has 0 aromatic heterocycles. The lowest BCUT2D eigenvalue weighted by Crippen LogP contribution is -2.29. The van der Waals surface area contributed by atoms with E-state index in [1.807, 2.05) is 36.5 Å². The SMILES string of the molecule is CCCCC/C=C\C[C@@H](O)/C=C/C=C\C/C=C\CCCC(=O)OC[C@H](COP(=O)(O)O)OC(=O)CCCCCCCCCCCCCCCCCCCC. The average molecular weight is 783 g/mol. The van der Waals surface area contributed by atoms with Gasteiger partial charge in [-0.25, -0.2) is 4.57 Å². The Morgan fingerprint density at radius 3 is 1.65 bits per heavy atom. The van der Waals surface area contributed by atoms with Gasteiger partial charge < -0.3 is 24.4 Å². The van der Waals surface area contributed by atoms with Crippen molar-refractivity contribution in [1.29, 1.82) is 0 Å². The Kier molecular flexibility index (Phi) is 37.7. The summed E-state index contributed by atoms with van der Waals surface area (Å²) in [6, 6.07) is 0. The highest BCUT2D eigenvalue weighted by Crippen LogP contribution is 2.36. The summed E-state index contributed by atoms with van der Waals surface area (Å²) >= 11 is 0. The van der Waals surface area contributed by atoms with Gasteiger partial charge in [0.25, 0.3) is 0 Å². The molecule has 0 aliphatic heterocycles. The molecule has 0 amide bonds. The van der Waals surface area contributed by atoms with Gasteiger partial charge in [-0.05, 0) is 44.9 Å². The lowest BCUT2D eigenvalue weighted by atomic mass is 10.0. The molecule has 0 saturated heterocycles. The zero-order chi connectivity index (χ0) is 39.8. The third kappa shape index (κ3) is 41.1. The first-order valence-electron chi connectivity index (χ1n) is 21.5. The molecule has 0 rings (SSSR count). The van der Waals surface area contributed by atoms with E-state index in [9.17, 15) is 19.3 Å². The van der Waals surface area contributed by atoms with E-state index >= 15 is 0 Å². The van der Waals surface area contributed by atoms with Gasteiger partial charge in [0.15, 0.2) is 6.10 Å². The second-order valence-corrected chi connectivity index (χ2v) is 15.8. The minimum Gasteiger partial charge on any atom is -0.462 e. The largest absolute Gasteiger partial charge is 0.469 e. The molecule has 0 fully saturated rings. The van der Waals surface area contributed by atoms with Gasteiger partial charge in [-0.3, -0.25) is 14.1 Å². The molecule has 2 atom stereocenters. The van der Waals surface area contributed by atoms with Gasteiger partial charge in [0, 0.05) is 12.8 Å². The van der Waals surface area contributed by atoms with E-state index in [1.165, 1.54) is 109 Å². The number of carbonyl (C=O) groups excluding carboxylic acids is 2. The van der Waals surface area contributed by atoms with Crippen LogP contribution in [0.25, 0.3) is 0 Å². The van der Waals surface area contributed by atoms with Crippen molar-refractivity contribution in [2.75, 3.05) is 13.2 Å². The summed E-state index contributed by atoms with van der Waals surface area (Å²) in [5.74, 6) is -0.985. The number of aliphatic hydroxyl groups is 1. The van der Waals surface area contributed by atoms with Crippen molar-refractivity contribution in [3.8, 4) is 0 Å². The van der Waals surface area contributed by atoms with E-state index in [1.54, 1.807) is 6.08 Å². The molecule has 54 heavy (non-hydrogen) atoms. The highest BCUT2D eigenvalue weighted by molar-refractivity contribution is 7.46. The number of rotatable bonds is 39. The van der Waals surface area contributed by atoms with Crippen molar-refractivity contribution in [2.45, 2.75) is 206 Å². The quantitative estimate of drug-likeness (QED) is 0.0183. The molecule has 0 bridgehead atoms. The summed E-state index contributed by atoms with van der Waals surface area (Å²) < 4.78 is 26.3. The normalized spacial score (nSPS) is 13.5. The Morgan fingerprint density at radius 2 is 1.07 bits per heavy atom. The van der Waals surface area contributed by atoms with Crippen LogP contribution >= 0.6 is 7.82 Å². The molecule has 0 aliphatic carbocycles. The van der Waals surface area contributed by atoms with Crippen molar-refractivity contribution >= 4 is 19.8 Å². The maximum atomic E-state index is 12.4. The van der Waals surface area contributed by atoms with Crippen LogP contribution in [0, 0.1) is 0 Å². The highest BCUT2D eigenvalue weighted by Gasteiger charge is 2.22. The summed E-state index contributed by atoms with van der Waals surface area (Å²) in [6.07, 6.45) is 44.4. The summed E-state index contributed by atoms with van der Waals surface area (Å²) in [6.45, 7) is 3.55. The number of allylic oxidation sites excluding steroid dienone is 6. The molecule has 314 valence electrons. The van der Waals surface area contributed by atoms with E-state index in [-0.39, 0.29) is 19.4 Å². The molecule has 0 heterocycles. The molecule has 0 aromatic rings. The Bertz CT molecular complexity index is 1030. The van der Waals surface area contributed by atoms with Crippen molar-refractivity contribution < 1.29 is 43.0 Å². The molecular formula is C44H79O9P. The maximum Gasteiger partial charge on any atom is 0.469 e. The number of hydrogen-bond donors (Lipinski definition) is 3. The number of carbonyl (C=O) groups is 2. The number of ether oxygens (including phenoxy) is 2. The first-order chi connectivity index (χ1) is 26.2. The van der Waals surface area contributed by atoms with Gasteiger partial charge in [0.2, 0.25) is 0 Å². The molecule has 9 nitrogen and oxygen atoms in total. The van der Waals surface area contributed by atoms with Gasteiger partial charge >= 0.3 is 19.8 Å². The van der Waals surface area contributed by atoms with E-state index < -0.39 is 38.6 Å². The molecular weight excluding hydrogens is 703 g/mol. The molecule has 0 radical (unpaired) electrons. The Labute approximate surface area is 329 Å². The summed E-state index contributed by atoms with van der Waals surface area (Å²) in [5, 5.41) is 9.99. The standard InChI is InChI=1S/C44H79O9P/c1-3-5-7-9-11-12-13-14-15-16-17-18-19-20-21-26-30-34-38-44(47)53-42(40-52-54(48,49)50)39-51-43(46)37-33-29-25-23-22-24-28-32-36-41(45)35-31-27-10-8-6-4-2/h23-25,27-28,31-32,36,41-42,45H,3-22,26,29-30,33-35,37-40H2,1-2H3,(H2,48,49,50)/b25-23-,28-24-,31-27-,36-32+/t41-,42-/m1/s1. The van der Waals surface area contributed by atoms with Crippen LogP contribution in [-0.2, 0) is 28.2 Å². The molecule has 0 saturated carbocycles. The zero-order valence-corrected chi connectivity index (χ0v) is 35.1. The Morgan fingerprint density at radius 1 is 0.574 bits per heavy atom. The van der Waals surface area contributed by atoms with Crippen LogP contribution in [-0.4, -0.2) is 52.3 Å². The fourth-order valence-corrected chi connectivity index (χ4v) is 6.28. The average Bonchev–Trinajstić information content (AvgIpc) is 3.14. The first kappa shape index (κ1) is 52.0. The van der Waals surface area contributed by atoms with Gasteiger partial charge in [-0.2, -0.15) is 0 Å². The monoisotopic (exact) mass is 783 g/mol. The third-order valence-corrected chi connectivity index (χ3v) is 9.67. The van der Waals surface area contributed by atoms with Crippen molar-refractivity contribution in [3.05, 3.63) is 48.6 Å². The van der Waals surface area contributed by atoms with Crippen LogP contribution in [0.2, 0.25) is 0 Å². The number of unbranched alkanes of at least 4 members (excludes halogenated alkanes) is 21. The van der Waals surface area contributed by atoms with Gasteiger partial charge in [-0.1, -0.05) is 184 Å². The summed E-state index contributed by atoms with van der Waals surface area (Å²) in [5.41, 5.74) is 0.